The molecule has 0 atom stereocenters. The van der Waals surface area contributed by atoms with E-state index in [4.69, 9.17) is 14.2 Å². The minimum atomic E-state index is -0.436. The number of esters is 1. The highest BCUT2D eigenvalue weighted by atomic mass is 32.2. The van der Waals surface area contributed by atoms with Crippen LogP contribution in [-0.4, -0.2) is 37.3 Å². The lowest BCUT2D eigenvalue weighted by Gasteiger charge is -2.09. The Kier molecular flexibility index (Phi) is 11.6. The van der Waals surface area contributed by atoms with Crippen LogP contribution in [0.4, 0.5) is 0 Å². The Balaban J connectivity index is 1.28. The molecule has 5 nitrogen and oxygen atoms in total. The molecule has 6 heteroatoms. The smallest absolute Gasteiger partial charge is 0.338 e. The number of carbonyl (C=O) groups excluding carboxylic acids is 2. The van der Waals surface area contributed by atoms with Gasteiger partial charge in [-0.2, -0.15) is 0 Å². The molecule has 0 aliphatic carbocycles. The molecule has 0 N–H and O–H groups in total. The number of Topliss-reactive ketones (excluding diaryl/α,β-unsaturated/α-hetero) is 1. The Morgan fingerprint density at radius 2 is 1.42 bits per heavy atom. The average molecular weight is 505 g/mol. The predicted octanol–water partition coefficient (Wildman–Crippen LogP) is 6.56. The fourth-order valence-electron chi connectivity index (χ4n) is 3.35. The molecule has 0 aromatic heterocycles. The molecule has 0 amide bonds. The van der Waals surface area contributed by atoms with E-state index in [9.17, 15) is 9.59 Å². The van der Waals surface area contributed by atoms with Gasteiger partial charge in [-0.25, -0.2) is 4.79 Å². The Labute approximate surface area is 217 Å². The molecule has 0 bridgehead atoms. The van der Waals surface area contributed by atoms with E-state index in [1.165, 1.54) is 35.8 Å². The van der Waals surface area contributed by atoms with Gasteiger partial charge in [-0.3, -0.25) is 4.79 Å². The maximum absolute atomic E-state index is 12.1. The Hall–Kier alpha value is -3.51. The Morgan fingerprint density at radius 3 is 2.06 bits per heavy atom. The summed E-state index contributed by atoms with van der Waals surface area (Å²) >= 11 is 1.84. The number of hydrogen-bond donors (Lipinski definition) is 0. The number of hydrogen-bond acceptors (Lipinski definition) is 6. The van der Waals surface area contributed by atoms with Gasteiger partial charge in [0.05, 0.1) is 5.56 Å². The van der Waals surface area contributed by atoms with E-state index in [1.54, 1.807) is 24.3 Å². The lowest BCUT2D eigenvalue weighted by atomic mass is 10.1. The minimum Gasteiger partial charge on any atom is -0.486 e. The number of benzene rings is 3. The summed E-state index contributed by atoms with van der Waals surface area (Å²) in [6.45, 7) is 3.48. The van der Waals surface area contributed by atoms with Gasteiger partial charge in [-0.1, -0.05) is 49.4 Å². The van der Waals surface area contributed by atoms with Crippen LogP contribution < -0.4 is 9.47 Å². The summed E-state index contributed by atoms with van der Waals surface area (Å²) in [5.41, 5.74) is 1.81. The number of carbonyl (C=O) groups is 2. The first kappa shape index (κ1) is 27.1. The third kappa shape index (κ3) is 10.0. The first-order chi connectivity index (χ1) is 17.6. The molecule has 0 aliphatic heterocycles. The van der Waals surface area contributed by atoms with E-state index in [0.717, 1.165) is 12.2 Å². The highest BCUT2D eigenvalue weighted by Crippen LogP contribution is 2.23. The van der Waals surface area contributed by atoms with E-state index < -0.39 is 5.97 Å². The fraction of sp³-hybridized carbons (Fsp3) is 0.267. The molecule has 0 aliphatic rings. The van der Waals surface area contributed by atoms with E-state index >= 15 is 0 Å². The summed E-state index contributed by atoms with van der Waals surface area (Å²) in [5.74, 6) is 1.61. The molecule has 36 heavy (non-hydrogen) atoms. The minimum absolute atomic E-state index is 0.0696. The highest BCUT2D eigenvalue weighted by molar-refractivity contribution is 7.99. The van der Waals surface area contributed by atoms with Crippen LogP contribution in [0.3, 0.4) is 0 Å². The molecular weight excluding hydrogens is 472 g/mol. The molecule has 0 saturated carbocycles. The Bertz CT molecular complexity index is 1080. The molecular formula is C30H32O5S. The number of ether oxygens (including phenoxy) is 3. The normalized spacial score (nSPS) is 10.4. The van der Waals surface area contributed by atoms with Crippen molar-refractivity contribution in [2.75, 3.05) is 25.6 Å². The van der Waals surface area contributed by atoms with Crippen LogP contribution >= 0.6 is 11.8 Å². The second-order valence-corrected chi connectivity index (χ2v) is 9.31. The van der Waals surface area contributed by atoms with Crippen molar-refractivity contribution in [1.29, 1.82) is 0 Å². The SMILES string of the molecule is C=CCOC(=O)c1ccc(OCC(=O)COc2ccc(SCCCCCc3ccccc3)cc2)cc1. The predicted molar refractivity (Wildman–Crippen MR) is 144 cm³/mol. The zero-order chi connectivity index (χ0) is 25.4. The molecule has 0 fully saturated rings. The average Bonchev–Trinajstić information content (AvgIpc) is 2.92. The van der Waals surface area contributed by atoms with Crippen molar-refractivity contribution in [3.8, 4) is 11.5 Å². The summed E-state index contributed by atoms with van der Waals surface area (Å²) in [6, 6.07) is 24.8. The number of ketones is 1. The zero-order valence-electron chi connectivity index (χ0n) is 20.4. The second-order valence-electron chi connectivity index (χ2n) is 8.14. The largest absolute Gasteiger partial charge is 0.486 e. The van der Waals surface area contributed by atoms with Crippen LogP contribution in [0.5, 0.6) is 11.5 Å². The molecule has 3 aromatic rings. The standard InChI is InChI=1S/C30H32O5S/c1-2-20-33-30(32)25-12-14-27(15-13-25)34-22-26(31)23-35-28-16-18-29(19-17-28)36-21-8-4-7-11-24-9-5-3-6-10-24/h2-3,5-6,9-10,12-19H,1,4,7-8,11,20-23H2. The van der Waals surface area contributed by atoms with Crippen molar-refractivity contribution in [2.45, 2.75) is 30.6 Å². The van der Waals surface area contributed by atoms with Crippen molar-refractivity contribution >= 4 is 23.5 Å². The lowest BCUT2D eigenvalue weighted by molar-refractivity contribution is -0.123. The van der Waals surface area contributed by atoms with Crippen molar-refractivity contribution < 1.29 is 23.8 Å². The van der Waals surface area contributed by atoms with E-state index in [2.05, 4.69) is 36.9 Å². The van der Waals surface area contributed by atoms with E-state index in [0.29, 0.717) is 17.1 Å². The number of aryl methyl sites for hydroxylation is 1. The van der Waals surface area contributed by atoms with Crippen LogP contribution in [0.1, 0.15) is 35.2 Å². The van der Waals surface area contributed by atoms with Crippen LogP contribution in [0, 0.1) is 0 Å². The summed E-state index contributed by atoms with van der Waals surface area (Å²) in [4.78, 5) is 25.1. The molecule has 0 unspecified atom stereocenters. The molecule has 3 rings (SSSR count). The van der Waals surface area contributed by atoms with Gasteiger partial charge in [-0.15, -0.1) is 11.8 Å². The van der Waals surface area contributed by atoms with Gasteiger partial charge in [0.15, 0.2) is 0 Å². The van der Waals surface area contributed by atoms with Crippen molar-refractivity contribution in [1.82, 2.24) is 0 Å². The number of thioether (sulfide) groups is 1. The summed E-state index contributed by atoms with van der Waals surface area (Å²) in [5, 5.41) is 0. The maximum Gasteiger partial charge on any atom is 0.338 e. The molecule has 0 spiro atoms. The van der Waals surface area contributed by atoms with E-state index in [1.807, 2.05) is 36.0 Å². The van der Waals surface area contributed by atoms with Gasteiger partial charge in [-0.05, 0) is 79.1 Å². The lowest BCUT2D eigenvalue weighted by Crippen LogP contribution is -2.19. The van der Waals surface area contributed by atoms with Gasteiger partial charge >= 0.3 is 5.97 Å². The Morgan fingerprint density at radius 1 is 0.778 bits per heavy atom. The van der Waals surface area contributed by atoms with Gasteiger partial charge in [0, 0.05) is 4.90 Å². The summed E-state index contributed by atoms with van der Waals surface area (Å²) < 4.78 is 16.1. The summed E-state index contributed by atoms with van der Waals surface area (Å²) in [7, 11) is 0. The third-order valence-electron chi connectivity index (χ3n) is 5.27. The van der Waals surface area contributed by atoms with Crippen LogP contribution in [0.25, 0.3) is 0 Å². The fourth-order valence-corrected chi connectivity index (χ4v) is 4.26. The monoisotopic (exact) mass is 504 g/mol. The topological polar surface area (TPSA) is 61.8 Å². The van der Waals surface area contributed by atoms with Crippen molar-refractivity contribution in [3.05, 3.63) is 103 Å². The van der Waals surface area contributed by atoms with Crippen molar-refractivity contribution in [3.63, 3.8) is 0 Å². The molecule has 0 heterocycles. The number of unbranched alkanes of at least 4 members (excludes halogenated alkanes) is 2. The van der Waals surface area contributed by atoms with Gasteiger partial charge < -0.3 is 14.2 Å². The van der Waals surface area contributed by atoms with Crippen molar-refractivity contribution in [2.24, 2.45) is 0 Å². The van der Waals surface area contributed by atoms with Gasteiger partial charge in [0.25, 0.3) is 0 Å². The van der Waals surface area contributed by atoms with Gasteiger partial charge in [0.1, 0.15) is 31.3 Å². The highest BCUT2D eigenvalue weighted by Gasteiger charge is 2.08. The van der Waals surface area contributed by atoms with Gasteiger partial charge in [0.2, 0.25) is 5.78 Å². The number of rotatable bonds is 16. The van der Waals surface area contributed by atoms with E-state index in [-0.39, 0.29) is 25.6 Å². The molecule has 0 radical (unpaired) electrons. The first-order valence-corrected chi connectivity index (χ1v) is 13.0. The first-order valence-electron chi connectivity index (χ1n) is 12.1. The molecule has 0 saturated heterocycles. The molecule has 3 aromatic carbocycles. The van der Waals surface area contributed by atoms with Crippen LogP contribution in [0.15, 0.2) is 96.4 Å². The third-order valence-corrected chi connectivity index (χ3v) is 6.37. The molecule has 188 valence electrons. The maximum atomic E-state index is 12.1. The van der Waals surface area contributed by atoms with Crippen LogP contribution in [0.2, 0.25) is 0 Å². The quantitative estimate of drug-likeness (QED) is 0.0953. The summed E-state index contributed by atoms with van der Waals surface area (Å²) in [6.07, 6.45) is 6.27. The zero-order valence-corrected chi connectivity index (χ0v) is 21.2. The second kappa shape index (κ2) is 15.5. The van der Waals surface area contributed by atoms with Crippen LogP contribution in [-0.2, 0) is 16.0 Å².